The SMILES string of the molecule is CC(C)COC(=O)c1cc(S(C)(=O)=O)cc(S(=O)(=O)Cl)c1. The second-order valence-corrected chi connectivity index (χ2v) is 9.48. The summed E-state index contributed by atoms with van der Waals surface area (Å²) in [6.45, 7) is 3.79. The Morgan fingerprint density at radius 2 is 1.67 bits per heavy atom. The molecule has 9 heteroatoms. The number of hydrogen-bond donors (Lipinski definition) is 0. The number of carbonyl (C=O) groups excluding carboxylic acids is 1. The molecule has 0 heterocycles. The van der Waals surface area contributed by atoms with Gasteiger partial charge in [0.1, 0.15) is 0 Å². The number of benzene rings is 1. The molecule has 0 atom stereocenters. The maximum absolute atomic E-state index is 11.9. The Labute approximate surface area is 128 Å². The van der Waals surface area contributed by atoms with Crippen LogP contribution >= 0.6 is 10.7 Å². The van der Waals surface area contributed by atoms with E-state index in [1.165, 1.54) is 0 Å². The average Bonchev–Trinajstić information content (AvgIpc) is 2.33. The van der Waals surface area contributed by atoms with E-state index in [9.17, 15) is 21.6 Å². The Hall–Kier alpha value is -1.12. The summed E-state index contributed by atoms with van der Waals surface area (Å²) in [5.74, 6) is -0.723. The molecule has 0 fully saturated rings. The molecule has 21 heavy (non-hydrogen) atoms. The maximum Gasteiger partial charge on any atom is 0.338 e. The Balaban J connectivity index is 3.36. The van der Waals surface area contributed by atoms with Crippen molar-refractivity contribution in [3.05, 3.63) is 23.8 Å². The highest BCUT2D eigenvalue weighted by Gasteiger charge is 2.20. The van der Waals surface area contributed by atoms with Crippen molar-refractivity contribution in [1.29, 1.82) is 0 Å². The van der Waals surface area contributed by atoms with Crippen LogP contribution in [0, 0.1) is 5.92 Å². The fourth-order valence-electron chi connectivity index (χ4n) is 1.37. The molecule has 0 N–H and O–H groups in total. The van der Waals surface area contributed by atoms with Crippen molar-refractivity contribution in [3.8, 4) is 0 Å². The summed E-state index contributed by atoms with van der Waals surface area (Å²) in [6.07, 6.45) is 0.899. The first-order valence-corrected chi connectivity index (χ1v) is 10.1. The second kappa shape index (κ2) is 6.33. The first-order chi connectivity index (χ1) is 9.41. The topological polar surface area (TPSA) is 94.6 Å². The minimum Gasteiger partial charge on any atom is -0.462 e. The minimum absolute atomic E-state index is 0.0864. The quantitative estimate of drug-likeness (QED) is 0.591. The van der Waals surface area contributed by atoms with E-state index in [2.05, 4.69) is 0 Å². The Morgan fingerprint density at radius 1 is 1.14 bits per heavy atom. The highest BCUT2D eigenvalue weighted by Crippen LogP contribution is 2.22. The number of esters is 1. The molecule has 6 nitrogen and oxygen atoms in total. The zero-order valence-electron chi connectivity index (χ0n) is 11.7. The molecule has 1 aromatic rings. The first-order valence-electron chi connectivity index (χ1n) is 5.88. The lowest BCUT2D eigenvalue weighted by atomic mass is 10.2. The molecule has 0 unspecified atom stereocenters. The normalized spacial score (nSPS) is 12.4. The van der Waals surface area contributed by atoms with Gasteiger partial charge in [-0.25, -0.2) is 21.6 Å². The van der Waals surface area contributed by atoms with Crippen molar-refractivity contribution in [2.24, 2.45) is 5.92 Å². The van der Waals surface area contributed by atoms with Crippen LogP contribution < -0.4 is 0 Å². The summed E-state index contributed by atoms with van der Waals surface area (Å²) < 4.78 is 50.8. The van der Waals surface area contributed by atoms with Gasteiger partial charge in [0.2, 0.25) is 0 Å². The van der Waals surface area contributed by atoms with E-state index >= 15 is 0 Å². The van der Waals surface area contributed by atoms with Crippen molar-refractivity contribution in [2.75, 3.05) is 12.9 Å². The molecule has 118 valence electrons. The van der Waals surface area contributed by atoms with Crippen LogP contribution in [-0.4, -0.2) is 35.7 Å². The molecule has 1 aromatic carbocycles. The van der Waals surface area contributed by atoms with Gasteiger partial charge < -0.3 is 4.74 Å². The fraction of sp³-hybridized carbons (Fsp3) is 0.417. The predicted molar refractivity (Wildman–Crippen MR) is 77.7 cm³/mol. The largest absolute Gasteiger partial charge is 0.462 e. The summed E-state index contributed by atoms with van der Waals surface area (Å²) in [5, 5.41) is 0. The average molecular weight is 355 g/mol. The Kier molecular flexibility index (Phi) is 5.40. The van der Waals surface area contributed by atoms with E-state index in [-0.39, 0.29) is 23.0 Å². The van der Waals surface area contributed by atoms with Crippen LogP contribution in [0.4, 0.5) is 0 Å². The molecule has 0 spiro atoms. The zero-order chi connectivity index (χ0) is 16.4. The standard InChI is InChI=1S/C12H15ClO6S2/c1-8(2)7-19-12(14)9-4-10(20(3,15)16)6-11(5-9)21(13,17)18/h4-6,8H,7H2,1-3H3. The number of rotatable bonds is 5. The van der Waals surface area contributed by atoms with Gasteiger partial charge in [-0.1, -0.05) is 13.8 Å². The first kappa shape index (κ1) is 17.9. The van der Waals surface area contributed by atoms with E-state index in [0.717, 1.165) is 24.5 Å². The van der Waals surface area contributed by atoms with Crippen LogP contribution in [0.25, 0.3) is 0 Å². The third kappa shape index (κ3) is 5.29. The molecular weight excluding hydrogens is 340 g/mol. The summed E-state index contributed by atoms with van der Waals surface area (Å²) in [7, 11) is -2.67. The van der Waals surface area contributed by atoms with Crippen LogP contribution in [0.15, 0.2) is 28.0 Å². The molecule has 0 aliphatic carbocycles. The van der Waals surface area contributed by atoms with Gasteiger partial charge in [-0.2, -0.15) is 0 Å². The van der Waals surface area contributed by atoms with Crippen LogP contribution in [0.5, 0.6) is 0 Å². The Bertz CT molecular complexity index is 700. The third-order valence-corrected chi connectivity index (χ3v) is 4.80. The zero-order valence-corrected chi connectivity index (χ0v) is 14.0. The van der Waals surface area contributed by atoms with E-state index in [0.29, 0.717) is 0 Å². The monoisotopic (exact) mass is 354 g/mol. The second-order valence-electron chi connectivity index (χ2n) is 4.90. The van der Waals surface area contributed by atoms with E-state index in [1.807, 2.05) is 13.8 Å². The third-order valence-electron chi connectivity index (χ3n) is 2.37. The smallest absolute Gasteiger partial charge is 0.338 e. The number of halogens is 1. The number of ether oxygens (including phenoxy) is 1. The van der Waals surface area contributed by atoms with Crippen molar-refractivity contribution in [3.63, 3.8) is 0 Å². The fourth-order valence-corrected chi connectivity index (χ4v) is 2.93. The number of sulfone groups is 1. The molecule has 0 aliphatic heterocycles. The molecule has 0 aromatic heterocycles. The number of hydrogen-bond acceptors (Lipinski definition) is 6. The summed E-state index contributed by atoms with van der Waals surface area (Å²) in [4.78, 5) is 11.1. The van der Waals surface area contributed by atoms with Crippen LogP contribution in [-0.2, 0) is 23.6 Å². The Morgan fingerprint density at radius 3 is 2.10 bits per heavy atom. The lowest BCUT2D eigenvalue weighted by Gasteiger charge is -2.09. The van der Waals surface area contributed by atoms with Crippen molar-refractivity contribution in [2.45, 2.75) is 23.6 Å². The van der Waals surface area contributed by atoms with Crippen LogP contribution in [0.2, 0.25) is 0 Å². The molecule has 0 saturated carbocycles. The highest BCUT2D eigenvalue weighted by molar-refractivity contribution is 8.13. The van der Waals surface area contributed by atoms with E-state index < -0.39 is 29.8 Å². The lowest BCUT2D eigenvalue weighted by Crippen LogP contribution is -2.12. The number of carbonyl (C=O) groups is 1. The van der Waals surface area contributed by atoms with Crippen LogP contribution in [0.1, 0.15) is 24.2 Å². The van der Waals surface area contributed by atoms with Crippen molar-refractivity contribution >= 4 is 35.5 Å². The van der Waals surface area contributed by atoms with Gasteiger partial charge in [-0.15, -0.1) is 0 Å². The van der Waals surface area contributed by atoms with Gasteiger partial charge in [-0.3, -0.25) is 0 Å². The van der Waals surface area contributed by atoms with Crippen molar-refractivity contribution < 1.29 is 26.4 Å². The van der Waals surface area contributed by atoms with Gasteiger partial charge in [0.25, 0.3) is 9.05 Å². The molecule has 1 rings (SSSR count). The molecule has 0 radical (unpaired) electrons. The van der Waals surface area contributed by atoms with E-state index in [4.69, 9.17) is 15.4 Å². The molecule has 0 aliphatic rings. The molecule has 0 bridgehead atoms. The van der Waals surface area contributed by atoms with Crippen LogP contribution in [0.3, 0.4) is 0 Å². The molecular formula is C12H15ClO6S2. The maximum atomic E-state index is 11.9. The summed E-state index contributed by atoms with van der Waals surface area (Å²) >= 11 is 0. The minimum atomic E-state index is -4.17. The van der Waals surface area contributed by atoms with Gasteiger partial charge in [0.15, 0.2) is 9.84 Å². The molecule has 0 amide bonds. The highest BCUT2D eigenvalue weighted by atomic mass is 35.7. The lowest BCUT2D eigenvalue weighted by molar-refractivity contribution is 0.0458. The van der Waals surface area contributed by atoms with Gasteiger partial charge >= 0.3 is 5.97 Å². The van der Waals surface area contributed by atoms with E-state index in [1.54, 1.807) is 0 Å². The predicted octanol–water partition coefficient (Wildman–Crippen LogP) is 1.83. The van der Waals surface area contributed by atoms with Gasteiger partial charge in [0, 0.05) is 16.9 Å². The van der Waals surface area contributed by atoms with Crippen molar-refractivity contribution in [1.82, 2.24) is 0 Å². The summed E-state index contributed by atoms with van der Waals surface area (Å²) in [6, 6.07) is 2.94. The van der Waals surface area contributed by atoms with Gasteiger partial charge in [-0.05, 0) is 24.1 Å². The molecule has 0 saturated heterocycles. The summed E-state index contributed by atoms with van der Waals surface area (Å²) in [5.41, 5.74) is -0.183. The van der Waals surface area contributed by atoms with Gasteiger partial charge in [0.05, 0.1) is 22.0 Å².